The Hall–Kier alpha value is -2.54. The molecule has 0 spiro atoms. The van der Waals surface area contributed by atoms with Gasteiger partial charge < -0.3 is 18.6 Å². The first-order chi connectivity index (χ1) is 20.2. The second kappa shape index (κ2) is 15.3. The summed E-state index contributed by atoms with van der Waals surface area (Å²) in [5.41, 5.74) is 1.24. The molecule has 0 unspecified atom stereocenters. The maximum Gasteiger partial charge on any atom is 0.261 e. The highest BCUT2D eigenvalue weighted by Crippen LogP contribution is 2.38. The number of hydrogen-bond acceptors (Lipinski definition) is 4. The largest absolute Gasteiger partial charge is 0.405 e. The third-order valence-electron chi connectivity index (χ3n) is 7.95. The van der Waals surface area contributed by atoms with E-state index in [4.69, 9.17) is 18.6 Å². The highest BCUT2D eigenvalue weighted by Gasteiger charge is 2.51. The quantitative estimate of drug-likeness (QED) is 0.103. The molecular formula is C37H50O4Si. The molecule has 2 atom stereocenters. The Kier molecular flexibility index (Phi) is 11.8. The molecule has 0 bridgehead atoms. The van der Waals surface area contributed by atoms with Crippen LogP contribution in [0.3, 0.4) is 0 Å². The lowest BCUT2D eigenvalue weighted by atomic mass is 10.1. The van der Waals surface area contributed by atoms with Gasteiger partial charge in [0.2, 0.25) is 0 Å². The minimum Gasteiger partial charge on any atom is -0.405 e. The van der Waals surface area contributed by atoms with E-state index in [0.717, 1.165) is 25.9 Å². The summed E-state index contributed by atoms with van der Waals surface area (Å²) in [7, 11) is -2.64. The topological polar surface area (TPSA) is 36.9 Å². The number of hydrogen-bond donors (Lipinski definition) is 0. The van der Waals surface area contributed by atoms with Gasteiger partial charge in [-0.1, -0.05) is 137 Å². The Morgan fingerprint density at radius 1 is 0.762 bits per heavy atom. The number of unbranched alkanes of at least 4 members (excludes halogenated alkanes) is 4. The van der Waals surface area contributed by atoms with E-state index in [2.05, 4.69) is 118 Å². The number of rotatable bonds is 15. The summed E-state index contributed by atoms with van der Waals surface area (Å²) in [5, 5.41) is 2.47. The maximum atomic E-state index is 7.18. The zero-order chi connectivity index (χ0) is 29.9. The normalized spacial score (nSPS) is 19.0. The fourth-order valence-corrected chi connectivity index (χ4v) is 10.5. The van der Waals surface area contributed by atoms with Gasteiger partial charge in [0.1, 0.15) is 12.2 Å². The van der Waals surface area contributed by atoms with Crippen LogP contribution in [-0.2, 0) is 25.2 Å². The summed E-state index contributed by atoms with van der Waals surface area (Å²) >= 11 is 0. The minimum absolute atomic E-state index is 0.0807. The van der Waals surface area contributed by atoms with Crippen LogP contribution < -0.4 is 10.4 Å². The van der Waals surface area contributed by atoms with Crippen LogP contribution in [-0.4, -0.2) is 39.5 Å². The van der Waals surface area contributed by atoms with Crippen molar-refractivity contribution in [2.45, 2.75) is 96.4 Å². The first-order valence-corrected chi connectivity index (χ1v) is 17.5. The standard InChI is InChI=1S/C37H50O4Si/c1-36(2,3)42(32-23-15-11-16-24-32,33-25-17-12-18-26-33)39-30-35-34(40-37(4,5)41-35)27-19-8-6-7-9-20-28-38-29-31-21-13-10-14-22-31/h10-19,21-27,34-35H,6-9,20,28-30H2,1-5H3/b27-19-/t34-,35-/m0/s1. The molecule has 42 heavy (non-hydrogen) atoms. The van der Waals surface area contributed by atoms with Gasteiger partial charge in [-0.05, 0) is 54.1 Å². The van der Waals surface area contributed by atoms with Crippen molar-refractivity contribution in [3.8, 4) is 0 Å². The van der Waals surface area contributed by atoms with Gasteiger partial charge in [0.25, 0.3) is 8.32 Å². The van der Waals surface area contributed by atoms with Crippen LogP contribution in [0.5, 0.6) is 0 Å². The predicted octanol–water partition coefficient (Wildman–Crippen LogP) is 7.81. The fraction of sp³-hybridized carbons (Fsp3) is 0.459. The van der Waals surface area contributed by atoms with E-state index in [9.17, 15) is 0 Å². The minimum atomic E-state index is -2.64. The zero-order valence-electron chi connectivity index (χ0n) is 26.3. The predicted molar refractivity (Wildman–Crippen MR) is 176 cm³/mol. The van der Waals surface area contributed by atoms with Crippen molar-refractivity contribution in [1.29, 1.82) is 0 Å². The Balaban J connectivity index is 1.31. The smallest absolute Gasteiger partial charge is 0.261 e. The van der Waals surface area contributed by atoms with Crippen LogP contribution in [0.25, 0.3) is 0 Å². The molecule has 0 N–H and O–H groups in total. The summed E-state index contributed by atoms with van der Waals surface area (Å²) in [6, 6.07) is 31.9. The van der Waals surface area contributed by atoms with E-state index in [1.54, 1.807) is 0 Å². The van der Waals surface area contributed by atoms with Crippen LogP contribution >= 0.6 is 0 Å². The Morgan fingerprint density at radius 2 is 1.33 bits per heavy atom. The molecule has 1 aliphatic rings. The Bertz CT molecular complexity index is 1170. The molecular weight excluding hydrogens is 536 g/mol. The van der Waals surface area contributed by atoms with E-state index in [0.29, 0.717) is 13.2 Å². The second-order valence-electron chi connectivity index (χ2n) is 12.8. The second-order valence-corrected chi connectivity index (χ2v) is 17.1. The molecule has 0 saturated carbocycles. The monoisotopic (exact) mass is 586 g/mol. The molecule has 3 aromatic rings. The average molecular weight is 587 g/mol. The Labute approximate surface area is 255 Å². The van der Waals surface area contributed by atoms with E-state index in [-0.39, 0.29) is 17.2 Å². The molecule has 0 aromatic heterocycles. The van der Waals surface area contributed by atoms with Crippen molar-refractivity contribution in [1.82, 2.24) is 0 Å². The summed E-state index contributed by atoms with van der Waals surface area (Å²) in [5.74, 6) is -0.645. The number of allylic oxidation sites excluding steroid dienone is 1. The zero-order valence-corrected chi connectivity index (χ0v) is 27.3. The number of ether oxygens (including phenoxy) is 3. The SMILES string of the molecule is CC1(C)O[C@@H](/C=C\CCCCCCOCc2ccccc2)[C@H](CO[Si](c2ccccc2)(c2ccccc2)C(C)(C)C)O1. The van der Waals surface area contributed by atoms with Crippen LogP contribution in [0, 0.1) is 0 Å². The van der Waals surface area contributed by atoms with Gasteiger partial charge in [-0.2, -0.15) is 0 Å². The summed E-state index contributed by atoms with van der Waals surface area (Å²) < 4.78 is 25.8. The highest BCUT2D eigenvalue weighted by atomic mass is 28.4. The molecule has 5 heteroatoms. The third-order valence-corrected chi connectivity index (χ3v) is 13.0. The van der Waals surface area contributed by atoms with Gasteiger partial charge in [-0.25, -0.2) is 0 Å². The first-order valence-electron chi connectivity index (χ1n) is 15.6. The lowest BCUT2D eigenvalue weighted by Crippen LogP contribution is -2.67. The lowest BCUT2D eigenvalue weighted by Gasteiger charge is -2.43. The third kappa shape index (κ3) is 8.74. The molecule has 1 aliphatic heterocycles. The Morgan fingerprint density at radius 3 is 1.93 bits per heavy atom. The van der Waals surface area contributed by atoms with Gasteiger partial charge in [-0.15, -0.1) is 0 Å². The van der Waals surface area contributed by atoms with Gasteiger partial charge >= 0.3 is 0 Å². The van der Waals surface area contributed by atoms with Crippen LogP contribution in [0.2, 0.25) is 5.04 Å². The van der Waals surface area contributed by atoms with Gasteiger partial charge in [0.15, 0.2) is 5.79 Å². The molecule has 0 aliphatic carbocycles. The summed E-state index contributed by atoms with van der Waals surface area (Å²) in [6.07, 6.45) is 9.84. The molecule has 4 rings (SSSR count). The van der Waals surface area contributed by atoms with Crippen molar-refractivity contribution >= 4 is 18.7 Å². The van der Waals surface area contributed by atoms with E-state index >= 15 is 0 Å². The van der Waals surface area contributed by atoms with Crippen LogP contribution in [0.15, 0.2) is 103 Å². The van der Waals surface area contributed by atoms with Gasteiger partial charge in [0.05, 0.1) is 13.2 Å². The molecule has 1 saturated heterocycles. The van der Waals surface area contributed by atoms with E-state index in [1.165, 1.54) is 28.8 Å². The van der Waals surface area contributed by atoms with Gasteiger partial charge in [-0.3, -0.25) is 0 Å². The summed E-state index contributed by atoms with van der Waals surface area (Å²) in [6.45, 7) is 12.9. The van der Waals surface area contributed by atoms with E-state index < -0.39 is 14.1 Å². The van der Waals surface area contributed by atoms with Gasteiger partial charge in [0, 0.05) is 6.61 Å². The van der Waals surface area contributed by atoms with Crippen molar-refractivity contribution in [3.63, 3.8) is 0 Å². The molecule has 3 aromatic carbocycles. The van der Waals surface area contributed by atoms with E-state index in [1.807, 2.05) is 19.9 Å². The molecule has 0 amide bonds. The molecule has 1 fully saturated rings. The van der Waals surface area contributed by atoms with Crippen molar-refractivity contribution in [3.05, 3.63) is 109 Å². The first kappa shape index (κ1) is 32.4. The highest BCUT2D eigenvalue weighted by molar-refractivity contribution is 6.99. The van der Waals surface area contributed by atoms with Crippen LogP contribution in [0.1, 0.15) is 72.3 Å². The number of benzene rings is 3. The van der Waals surface area contributed by atoms with Crippen molar-refractivity contribution < 1.29 is 18.6 Å². The lowest BCUT2D eigenvalue weighted by molar-refractivity contribution is -0.145. The van der Waals surface area contributed by atoms with Crippen LogP contribution in [0.4, 0.5) is 0 Å². The summed E-state index contributed by atoms with van der Waals surface area (Å²) in [4.78, 5) is 0. The van der Waals surface area contributed by atoms with Crippen molar-refractivity contribution in [2.75, 3.05) is 13.2 Å². The molecule has 1 heterocycles. The molecule has 226 valence electrons. The average Bonchev–Trinajstić information content (AvgIpc) is 3.28. The maximum absolute atomic E-state index is 7.18. The van der Waals surface area contributed by atoms with Crippen molar-refractivity contribution in [2.24, 2.45) is 0 Å². The molecule has 0 radical (unpaired) electrons. The fourth-order valence-electron chi connectivity index (χ4n) is 5.94. The molecule has 4 nitrogen and oxygen atoms in total.